The van der Waals surface area contributed by atoms with Crippen LogP contribution in [0.5, 0.6) is 0 Å². The van der Waals surface area contributed by atoms with Gasteiger partial charge in [0.1, 0.15) is 11.5 Å². The highest BCUT2D eigenvalue weighted by molar-refractivity contribution is 6.01. The number of nitrogens with one attached hydrogen (secondary N) is 4. The summed E-state index contributed by atoms with van der Waals surface area (Å²) in [7, 11) is 1.68. The smallest absolute Gasteiger partial charge is 0.204 e. The third kappa shape index (κ3) is 3.76. The Hall–Kier alpha value is -3.91. The van der Waals surface area contributed by atoms with Crippen LogP contribution in [0.3, 0.4) is 0 Å². The molecule has 5 rings (SSSR count). The molecule has 8 nitrogen and oxygen atoms in total. The van der Waals surface area contributed by atoms with Crippen LogP contribution < -0.4 is 21.3 Å². The third-order valence-corrected chi connectivity index (χ3v) is 5.52. The van der Waals surface area contributed by atoms with E-state index in [4.69, 9.17) is 9.73 Å². The second-order valence-electron chi connectivity index (χ2n) is 7.76. The number of aliphatic imine (C=N–C) groups is 2. The minimum atomic E-state index is -0.712. The summed E-state index contributed by atoms with van der Waals surface area (Å²) in [6.45, 7) is 3.22. The number of guanidine groups is 1. The second kappa shape index (κ2) is 8.32. The summed E-state index contributed by atoms with van der Waals surface area (Å²) < 4.78 is 5.16. The molecule has 3 heterocycles. The Morgan fingerprint density at radius 3 is 2.81 bits per heavy atom. The number of hydrogen-bond donors (Lipinski definition) is 4. The van der Waals surface area contributed by atoms with Crippen molar-refractivity contribution in [1.82, 2.24) is 20.9 Å². The number of rotatable bonds is 6. The first-order valence-corrected chi connectivity index (χ1v) is 10.5. The van der Waals surface area contributed by atoms with Crippen LogP contribution in [0.4, 0.5) is 5.69 Å². The highest BCUT2D eigenvalue weighted by Crippen LogP contribution is 2.31. The summed E-state index contributed by atoms with van der Waals surface area (Å²) in [5.41, 5.74) is 4.31. The molecule has 0 radical (unpaired) electrons. The minimum Gasteiger partial charge on any atom is -0.383 e. The maximum absolute atomic E-state index is 5.16. The molecule has 0 saturated carbocycles. The first-order valence-electron chi connectivity index (χ1n) is 10.5. The number of fused-ring (bicyclic) bond motifs is 2. The Morgan fingerprint density at radius 1 is 1.09 bits per heavy atom. The number of aromatic nitrogens is 1. The summed E-state index contributed by atoms with van der Waals surface area (Å²) in [4.78, 5) is 13.9. The van der Waals surface area contributed by atoms with E-state index in [1.807, 2.05) is 49.5 Å². The van der Waals surface area contributed by atoms with Gasteiger partial charge in [-0.05, 0) is 42.3 Å². The predicted molar refractivity (Wildman–Crippen MR) is 128 cm³/mol. The monoisotopic (exact) mass is 427 g/mol. The maximum Gasteiger partial charge on any atom is 0.204 e. The standard InChI is InChI=1S/C24H25N7O/c1-24-21(27-15-28-24)22(26-12-13-32-2)30-23(31-24)29-17-8-9-20-19(14-17)18(10-11-25-20)16-6-4-3-5-7-16/h3-11,14-15,26H,12-13H2,1-2H3,(H,27,28)(H2,29,30,31). The molecule has 1 aromatic heterocycles. The Labute approximate surface area is 186 Å². The molecule has 162 valence electrons. The van der Waals surface area contributed by atoms with E-state index in [9.17, 15) is 0 Å². The van der Waals surface area contributed by atoms with Gasteiger partial charge < -0.3 is 26.0 Å². The van der Waals surface area contributed by atoms with Crippen LogP contribution in [-0.2, 0) is 4.74 Å². The van der Waals surface area contributed by atoms with Gasteiger partial charge in [-0.1, -0.05) is 30.3 Å². The van der Waals surface area contributed by atoms with E-state index in [1.54, 1.807) is 13.4 Å². The molecule has 8 heteroatoms. The number of methoxy groups -OCH3 is 1. The maximum atomic E-state index is 5.16. The SMILES string of the molecule is COCCNC1=C2NC=NC2(C)N=C(Nc2ccc3nccc(-c4ccccc4)c3c2)N1. The predicted octanol–water partition coefficient (Wildman–Crippen LogP) is 3.03. The van der Waals surface area contributed by atoms with Crippen molar-refractivity contribution in [2.45, 2.75) is 12.6 Å². The molecule has 0 spiro atoms. The van der Waals surface area contributed by atoms with Crippen LogP contribution in [0.25, 0.3) is 22.0 Å². The Bertz CT molecular complexity index is 1240. The zero-order valence-corrected chi connectivity index (χ0v) is 18.0. The van der Waals surface area contributed by atoms with E-state index in [-0.39, 0.29) is 0 Å². The molecule has 4 N–H and O–H groups in total. The van der Waals surface area contributed by atoms with Crippen LogP contribution in [0.2, 0.25) is 0 Å². The molecule has 0 aliphatic carbocycles. The van der Waals surface area contributed by atoms with Gasteiger partial charge in [-0.3, -0.25) is 4.98 Å². The molecule has 0 fully saturated rings. The summed E-state index contributed by atoms with van der Waals surface area (Å²) in [5, 5.41) is 14.4. The number of anilines is 1. The van der Waals surface area contributed by atoms with E-state index in [0.29, 0.717) is 19.1 Å². The lowest BCUT2D eigenvalue weighted by Crippen LogP contribution is -2.47. The lowest BCUT2D eigenvalue weighted by Gasteiger charge is -2.30. The average Bonchev–Trinajstić information content (AvgIpc) is 3.21. The molecule has 2 aliphatic rings. The number of benzene rings is 2. The largest absolute Gasteiger partial charge is 0.383 e. The van der Waals surface area contributed by atoms with Gasteiger partial charge in [0.05, 0.1) is 18.5 Å². The topological polar surface area (TPSA) is 95.0 Å². The first-order chi connectivity index (χ1) is 15.7. The molecular formula is C24H25N7O. The summed E-state index contributed by atoms with van der Waals surface area (Å²) in [6.07, 6.45) is 3.52. The van der Waals surface area contributed by atoms with Gasteiger partial charge in [0.2, 0.25) is 5.96 Å². The zero-order valence-electron chi connectivity index (χ0n) is 18.0. The lowest BCUT2D eigenvalue weighted by atomic mass is 10.0. The fourth-order valence-electron chi connectivity index (χ4n) is 3.94. The number of pyridine rings is 1. The van der Waals surface area contributed by atoms with Gasteiger partial charge in [-0.2, -0.15) is 0 Å². The molecule has 32 heavy (non-hydrogen) atoms. The van der Waals surface area contributed by atoms with Gasteiger partial charge in [-0.25, -0.2) is 9.98 Å². The fraction of sp³-hybridized carbons (Fsp3) is 0.208. The van der Waals surface area contributed by atoms with Crippen molar-refractivity contribution in [2.75, 3.05) is 25.6 Å². The number of nitrogens with zero attached hydrogens (tertiary/aromatic N) is 3. The van der Waals surface area contributed by atoms with Gasteiger partial charge in [0.25, 0.3) is 0 Å². The average molecular weight is 428 g/mol. The Morgan fingerprint density at radius 2 is 1.97 bits per heavy atom. The Balaban J connectivity index is 1.45. The van der Waals surface area contributed by atoms with Gasteiger partial charge in [-0.15, -0.1) is 0 Å². The molecule has 2 aromatic carbocycles. The van der Waals surface area contributed by atoms with Crippen LogP contribution in [-0.4, -0.2) is 43.2 Å². The zero-order chi connectivity index (χ0) is 22.0. The minimum absolute atomic E-state index is 0.593. The number of ether oxygens (including phenoxy) is 1. The lowest BCUT2D eigenvalue weighted by molar-refractivity contribution is 0.201. The van der Waals surface area contributed by atoms with Crippen molar-refractivity contribution in [3.05, 3.63) is 72.3 Å². The third-order valence-electron chi connectivity index (χ3n) is 5.52. The first kappa shape index (κ1) is 20.0. The van der Waals surface area contributed by atoms with Crippen LogP contribution in [0, 0.1) is 0 Å². The van der Waals surface area contributed by atoms with Gasteiger partial charge in [0, 0.05) is 30.9 Å². The fourth-order valence-corrected chi connectivity index (χ4v) is 3.94. The molecule has 0 saturated heterocycles. The number of hydrogen-bond acceptors (Lipinski definition) is 8. The molecule has 1 atom stereocenters. The highest BCUT2D eigenvalue weighted by atomic mass is 16.5. The van der Waals surface area contributed by atoms with Crippen molar-refractivity contribution < 1.29 is 4.74 Å². The highest BCUT2D eigenvalue weighted by Gasteiger charge is 2.38. The molecule has 0 amide bonds. The quantitative estimate of drug-likeness (QED) is 0.452. The molecule has 1 unspecified atom stereocenters. The molecule has 2 aliphatic heterocycles. The van der Waals surface area contributed by atoms with Crippen LogP contribution >= 0.6 is 0 Å². The molecule has 3 aromatic rings. The van der Waals surface area contributed by atoms with Crippen LogP contribution in [0.15, 0.2) is 82.3 Å². The van der Waals surface area contributed by atoms with E-state index in [0.717, 1.165) is 39.2 Å². The molecular weight excluding hydrogens is 402 g/mol. The van der Waals surface area contributed by atoms with Crippen molar-refractivity contribution in [3.63, 3.8) is 0 Å². The Kier molecular flexibility index (Phi) is 5.20. The summed E-state index contributed by atoms with van der Waals surface area (Å²) in [5.74, 6) is 1.44. The normalized spacial score (nSPS) is 19.2. The van der Waals surface area contributed by atoms with E-state index in [1.165, 1.54) is 0 Å². The van der Waals surface area contributed by atoms with Crippen molar-refractivity contribution in [1.29, 1.82) is 0 Å². The molecule has 0 bridgehead atoms. The summed E-state index contributed by atoms with van der Waals surface area (Å²) in [6, 6.07) is 18.5. The van der Waals surface area contributed by atoms with E-state index in [2.05, 4.69) is 49.4 Å². The van der Waals surface area contributed by atoms with Crippen molar-refractivity contribution >= 4 is 28.9 Å². The summed E-state index contributed by atoms with van der Waals surface area (Å²) >= 11 is 0. The van der Waals surface area contributed by atoms with Gasteiger partial charge in [0.15, 0.2) is 5.66 Å². The van der Waals surface area contributed by atoms with Crippen molar-refractivity contribution in [3.8, 4) is 11.1 Å². The van der Waals surface area contributed by atoms with Crippen molar-refractivity contribution in [2.24, 2.45) is 9.98 Å². The van der Waals surface area contributed by atoms with Gasteiger partial charge >= 0.3 is 0 Å². The van der Waals surface area contributed by atoms with E-state index < -0.39 is 5.66 Å². The van der Waals surface area contributed by atoms with Crippen LogP contribution in [0.1, 0.15) is 6.92 Å². The second-order valence-corrected chi connectivity index (χ2v) is 7.76. The van der Waals surface area contributed by atoms with E-state index >= 15 is 0 Å².